The first-order chi connectivity index (χ1) is 8.93. The summed E-state index contributed by atoms with van der Waals surface area (Å²) in [7, 11) is 0. The Balaban J connectivity index is 3.17. The van der Waals surface area contributed by atoms with Crippen molar-refractivity contribution in [2.75, 3.05) is 18.0 Å². The molecule has 0 saturated carbocycles. The van der Waals surface area contributed by atoms with Crippen molar-refractivity contribution in [1.82, 2.24) is 0 Å². The van der Waals surface area contributed by atoms with Crippen LogP contribution in [0.15, 0.2) is 28.7 Å². The lowest BCUT2D eigenvalue weighted by Crippen LogP contribution is -2.34. The summed E-state index contributed by atoms with van der Waals surface area (Å²) >= 11 is 3.36. The quantitative estimate of drug-likeness (QED) is 0.781. The molecule has 0 aliphatic rings. The van der Waals surface area contributed by atoms with Crippen molar-refractivity contribution in [2.45, 2.75) is 6.92 Å². The van der Waals surface area contributed by atoms with Gasteiger partial charge in [0.15, 0.2) is 0 Å². The lowest BCUT2D eigenvalue weighted by atomic mass is 10.1. The molecule has 0 aliphatic heterocycles. The van der Waals surface area contributed by atoms with Crippen LogP contribution in [0, 0.1) is 0 Å². The van der Waals surface area contributed by atoms with Crippen molar-refractivity contribution >= 4 is 39.6 Å². The number of nitrogens with zero attached hydrogens (tertiary/aromatic N) is 1. The van der Waals surface area contributed by atoms with Gasteiger partial charge in [0.2, 0.25) is 5.91 Å². The number of carboxylic acids is 1. The number of carboxylic acid groups (broad SMARTS) is 1. The number of carbonyl (C=O) groups is 2. The highest BCUT2D eigenvalue weighted by Crippen LogP contribution is 2.26. The zero-order chi connectivity index (χ0) is 14.4. The Morgan fingerprint density at radius 2 is 2.16 bits per heavy atom. The van der Waals surface area contributed by atoms with E-state index in [1.54, 1.807) is 11.0 Å². The third-order valence-electron chi connectivity index (χ3n) is 2.47. The normalized spacial score (nSPS) is 10.6. The maximum Gasteiger partial charge on any atom is 0.328 e. The van der Waals surface area contributed by atoms with Crippen LogP contribution in [0.3, 0.4) is 0 Å². The number of nitrogens with two attached hydrogens (primary N) is 1. The summed E-state index contributed by atoms with van der Waals surface area (Å²) in [6.45, 7) is 2.57. The molecule has 0 spiro atoms. The van der Waals surface area contributed by atoms with Gasteiger partial charge in [-0.25, -0.2) is 4.79 Å². The topological polar surface area (TPSA) is 83.6 Å². The average molecular weight is 327 g/mol. The third kappa shape index (κ3) is 4.75. The van der Waals surface area contributed by atoms with Crippen LogP contribution in [-0.2, 0) is 9.59 Å². The molecule has 1 aromatic rings. The number of anilines is 1. The Hall–Kier alpha value is -1.82. The number of halogens is 1. The Morgan fingerprint density at radius 1 is 1.47 bits per heavy atom. The van der Waals surface area contributed by atoms with Gasteiger partial charge in [0.05, 0.1) is 6.54 Å². The van der Waals surface area contributed by atoms with Crippen LogP contribution in [0.4, 0.5) is 5.69 Å². The van der Waals surface area contributed by atoms with Gasteiger partial charge in [0, 0.05) is 22.8 Å². The van der Waals surface area contributed by atoms with E-state index in [1.165, 1.54) is 6.08 Å². The number of hydrogen-bond acceptors (Lipinski definition) is 3. The van der Waals surface area contributed by atoms with Crippen LogP contribution in [0.25, 0.3) is 6.08 Å². The minimum atomic E-state index is -1.02. The fraction of sp³-hybridized carbons (Fsp3) is 0.231. The van der Waals surface area contributed by atoms with Gasteiger partial charge >= 0.3 is 5.97 Å². The van der Waals surface area contributed by atoms with Gasteiger partial charge in [-0.15, -0.1) is 0 Å². The predicted molar refractivity (Wildman–Crippen MR) is 77.9 cm³/mol. The number of primary amides is 1. The fourth-order valence-electron chi connectivity index (χ4n) is 1.65. The van der Waals surface area contributed by atoms with Crippen LogP contribution in [0.5, 0.6) is 0 Å². The van der Waals surface area contributed by atoms with Crippen LogP contribution in [0.2, 0.25) is 0 Å². The molecule has 6 heteroatoms. The number of rotatable bonds is 6. The molecule has 19 heavy (non-hydrogen) atoms. The van der Waals surface area contributed by atoms with E-state index in [2.05, 4.69) is 15.9 Å². The van der Waals surface area contributed by atoms with Gasteiger partial charge in [-0.05, 0) is 30.7 Å². The molecule has 102 valence electrons. The number of benzene rings is 1. The number of likely N-dealkylation sites (N-methyl/N-ethyl adjacent to an activating group) is 1. The van der Waals surface area contributed by atoms with Crippen molar-refractivity contribution in [2.24, 2.45) is 5.73 Å². The van der Waals surface area contributed by atoms with E-state index in [1.807, 2.05) is 19.1 Å². The summed E-state index contributed by atoms with van der Waals surface area (Å²) in [6, 6.07) is 5.42. The van der Waals surface area contributed by atoms with Crippen molar-refractivity contribution < 1.29 is 14.7 Å². The smallest absolute Gasteiger partial charge is 0.328 e. The molecule has 1 rings (SSSR count). The lowest BCUT2D eigenvalue weighted by molar-refractivity contribution is -0.131. The molecule has 0 radical (unpaired) electrons. The summed E-state index contributed by atoms with van der Waals surface area (Å²) < 4.78 is 0.845. The van der Waals surface area contributed by atoms with E-state index in [9.17, 15) is 9.59 Å². The second-order valence-electron chi connectivity index (χ2n) is 3.86. The second kappa shape index (κ2) is 6.94. The minimum absolute atomic E-state index is 0.0842. The molecule has 0 aromatic heterocycles. The van der Waals surface area contributed by atoms with Crippen LogP contribution >= 0.6 is 15.9 Å². The molecular formula is C13H15BrN2O3. The third-order valence-corrected chi connectivity index (χ3v) is 2.96. The van der Waals surface area contributed by atoms with Crippen molar-refractivity contribution in [3.05, 3.63) is 34.3 Å². The molecule has 0 fully saturated rings. The molecule has 0 heterocycles. The fourth-order valence-corrected chi connectivity index (χ4v) is 2.00. The first-order valence-corrected chi connectivity index (χ1v) is 6.47. The van der Waals surface area contributed by atoms with Gasteiger partial charge in [-0.2, -0.15) is 0 Å². The highest BCUT2D eigenvalue weighted by molar-refractivity contribution is 9.10. The molecule has 0 atom stereocenters. The minimum Gasteiger partial charge on any atom is -0.478 e. The number of hydrogen-bond donors (Lipinski definition) is 2. The number of carbonyl (C=O) groups excluding carboxylic acids is 1. The summed E-state index contributed by atoms with van der Waals surface area (Å²) in [6.07, 6.45) is 2.55. The van der Waals surface area contributed by atoms with Crippen LogP contribution in [0.1, 0.15) is 12.5 Å². The maximum atomic E-state index is 11.1. The Kier molecular flexibility index (Phi) is 5.57. The molecule has 0 unspecified atom stereocenters. The molecule has 5 nitrogen and oxygen atoms in total. The van der Waals surface area contributed by atoms with E-state index in [0.717, 1.165) is 16.2 Å². The summed E-state index contributed by atoms with van der Waals surface area (Å²) in [5.74, 6) is -1.46. The van der Waals surface area contributed by atoms with E-state index < -0.39 is 11.9 Å². The van der Waals surface area contributed by atoms with Gasteiger partial charge < -0.3 is 15.7 Å². The molecule has 1 aromatic carbocycles. The van der Waals surface area contributed by atoms with Crippen molar-refractivity contribution in [3.8, 4) is 0 Å². The van der Waals surface area contributed by atoms with Gasteiger partial charge in [-0.1, -0.05) is 22.0 Å². The molecule has 0 saturated heterocycles. The van der Waals surface area contributed by atoms with Gasteiger partial charge in [-0.3, -0.25) is 4.79 Å². The van der Waals surface area contributed by atoms with E-state index in [-0.39, 0.29) is 6.54 Å². The average Bonchev–Trinajstić information content (AvgIpc) is 2.34. The molecule has 3 N–H and O–H groups in total. The molecular weight excluding hydrogens is 312 g/mol. The maximum absolute atomic E-state index is 11.1. The predicted octanol–water partition coefficient (Wildman–Crippen LogP) is 1.86. The lowest BCUT2D eigenvalue weighted by Gasteiger charge is -2.23. The van der Waals surface area contributed by atoms with E-state index >= 15 is 0 Å². The molecule has 0 aliphatic carbocycles. The van der Waals surface area contributed by atoms with Crippen molar-refractivity contribution in [1.29, 1.82) is 0 Å². The van der Waals surface area contributed by atoms with Crippen molar-refractivity contribution in [3.63, 3.8) is 0 Å². The second-order valence-corrected chi connectivity index (χ2v) is 4.77. The highest BCUT2D eigenvalue weighted by Gasteiger charge is 2.11. The first kappa shape index (κ1) is 15.2. The van der Waals surface area contributed by atoms with E-state index in [4.69, 9.17) is 10.8 Å². The Morgan fingerprint density at radius 3 is 2.68 bits per heavy atom. The summed E-state index contributed by atoms with van der Waals surface area (Å²) in [5, 5.41) is 8.68. The largest absolute Gasteiger partial charge is 0.478 e. The van der Waals surface area contributed by atoms with Gasteiger partial charge in [0.1, 0.15) is 0 Å². The Labute approximate surface area is 119 Å². The zero-order valence-corrected chi connectivity index (χ0v) is 12.1. The molecule has 0 bridgehead atoms. The van der Waals surface area contributed by atoms with Crippen LogP contribution in [-0.4, -0.2) is 30.1 Å². The van der Waals surface area contributed by atoms with Crippen LogP contribution < -0.4 is 10.6 Å². The van der Waals surface area contributed by atoms with E-state index in [0.29, 0.717) is 12.1 Å². The summed E-state index contributed by atoms with van der Waals surface area (Å²) in [4.78, 5) is 23.4. The standard InChI is InChI=1S/C13H15BrN2O3/c1-2-16(8-12(15)17)11-7-10(14)5-3-9(11)4-6-13(18)19/h3-7H,2,8H2,1H3,(H2,15,17)(H,18,19)/b6-4+. The first-order valence-electron chi connectivity index (χ1n) is 5.67. The SMILES string of the molecule is CCN(CC(N)=O)c1cc(Br)ccc1/C=C/C(=O)O. The monoisotopic (exact) mass is 326 g/mol. The molecule has 1 amide bonds. The summed E-state index contributed by atoms with van der Waals surface area (Å²) in [5.41, 5.74) is 6.69. The highest BCUT2D eigenvalue weighted by atomic mass is 79.9. The Bertz CT molecular complexity index is 515. The van der Waals surface area contributed by atoms with Gasteiger partial charge in [0.25, 0.3) is 0 Å². The zero-order valence-electron chi connectivity index (χ0n) is 10.5. The number of amides is 1. The number of aliphatic carboxylic acids is 1.